The Morgan fingerprint density at radius 2 is 1.88 bits per heavy atom. The number of hydrogen-bond acceptors (Lipinski definition) is 5. The van der Waals surface area contributed by atoms with Crippen molar-refractivity contribution >= 4 is 27.0 Å². The van der Waals surface area contributed by atoms with Gasteiger partial charge in [-0.3, -0.25) is 9.52 Å². The van der Waals surface area contributed by atoms with E-state index in [9.17, 15) is 13.2 Å². The molecule has 3 rings (SSSR count). The minimum absolute atomic E-state index is 0.194. The van der Waals surface area contributed by atoms with Crippen molar-refractivity contribution in [3.05, 3.63) is 63.3 Å². The maximum atomic E-state index is 12.7. The van der Waals surface area contributed by atoms with Crippen molar-refractivity contribution in [2.75, 3.05) is 4.72 Å². The third-order valence-corrected chi connectivity index (χ3v) is 6.54. The molecule has 0 unspecified atom stereocenters. The van der Waals surface area contributed by atoms with E-state index in [0.717, 1.165) is 22.5 Å². The molecule has 0 atom stereocenters. The van der Waals surface area contributed by atoms with Gasteiger partial charge >= 0.3 is 0 Å². The Balaban J connectivity index is 1.93. The molecular formula is C17H17N3O3S2. The van der Waals surface area contributed by atoms with Gasteiger partial charge in [0.1, 0.15) is 4.21 Å². The first kappa shape index (κ1) is 17.4. The summed E-state index contributed by atoms with van der Waals surface area (Å²) in [5, 5.41) is 5.86. The average molecular weight is 375 g/mol. The summed E-state index contributed by atoms with van der Waals surface area (Å²) in [5.41, 5.74) is 3.38. The van der Waals surface area contributed by atoms with E-state index in [1.54, 1.807) is 30.6 Å². The number of hydrogen-bond donors (Lipinski definition) is 1. The van der Waals surface area contributed by atoms with E-state index in [-0.39, 0.29) is 9.77 Å². The quantitative estimate of drug-likeness (QED) is 0.760. The summed E-state index contributed by atoms with van der Waals surface area (Å²) in [5.74, 6) is 0. The molecule has 0 aliphatic carbocycles. The van der Waals surface area contributed by atoms with Gasteiger partial charge in [0.05, 0.1) is 11.4 Å². The van der Waals surface area contributed by atoms with E-state index in [1.807, 2.05) is 26.0 Å². The Bertz CT molecular complexity index is 1100. The van der Waals surface area contributed by atoms with Crippen LogP contribution in [0.3, 0.4) is 0 Å². The molecule has 0 spiro atoms. The number of aryl methyl sites for hydroxylation is 3. The second-order valence-corrected chi connectivity index (χ2v) is 8.58. The highest BCUT2D eigenvalue weighted by molar-refractivity contribution is 7.94. The van der Waals surface area contributed by atoms with Crippen molar-refractivity contribution in [1.82, 2.24) is 9.78 Å². The molecule has 0 saturated heterocycles. The van der Waals surface area contributed by atoms with Crippen LogP contribution < -0.4 is 10.3 Å². The van der Waals surface area contributed by atoms with Crippen molar-refractivity contribution in [2.24, 2.45) is 7.05 Å². The van der Waals surface area contributed by atoms with Crippen LogP contribution in [0.15, 0.2) is 50.8 Å². The molecular weight excluding hydrogens is 358 g/mol. The second kappa shape index (κ2) is 6.45. The number of thiophene rings is 1. The summed E-state index contributed by atoms with van der Waals surface area (Å²) < 4.78 is 29.4. The molecule has 0 aliphatic heterocycles. The van der Waals surface area contributed by atoms with Gasteiger partial charge in [-0.2, -0.15) is 5.10 Å². The summed E-state index contributed by atoms with van der Waals surface area (Å²) in [4.78, 5) is 11.4. The van der Waals surface area contributed by atoms with Crippen LogP contribution in [0.25, 0.3) is 11.3 Å². The fourth-order valence-corrected chi connectivity index (χ4v) is 4.58. The Hall–Kier alpha value is -2.45. The molecule has 0 bridgehead atoms. The van der Waals surface area contributed by atoms with Gasteiger partial charge in [0.25, 0.3) is 15.6 Å². The van der Waals surface area contributed by atoms with Crippen molar-refractivity contribution in [2.45, 2.75) is 18.1 Å². The number of aromatic nitrogens is 2. The summed E-state index contributed by atoms with van der Waals surface area (Å²) in [6.07, 6.45) is 0. The molecule has 1 aromatic carbocycles. The summed E-state index contributed by atoms with van der Waals surface area (Å²) >= 11 is 1.11. The normalized spacial score (nSPS) is 11.5. The maximum Gasteiger partial charge on any atom is 0.271 e. The lowest BCUT2D eigenvalue weighted by Gasteiger charge is -2.10. The topological polar surface area (TPSA) is 81.1 Å². The minimum Gasteiger partial charge on any atom is -0.279 e. The number of nitrogens with zero attached hydrogens (tertiary/aromatic N) is 2. The van der Waals surface area contributed by atoms with E-state index < -0.39 is 10.0 Å². The van der Waals surface area contributed by atoms with Crippen molar-refractivity contribution < 1.29 is 8.42 Å². The van der Waals surface area contributed by atoms with Crippen LogP contribution in [0.1, 0.15) is 11.1 Å². The van der Waals surface area contributed by atoms with Crippen LogP contribution >= 0.6 is 11.3 Å². The van der Waals surface area contributed by atoms with Crippen LogP contribution in [0.5, 0.6) is 0 Å². The lowest BCUT2D eigenvalue weighted by Crippen LogP contribution is -2.18. The van der Waals surface area contributed by atoms with E-state index in [1.165, 1.54) is 10.7 Å². The molecule has 130 valence electrons. The third-order valence-electron chi connectivity index (χ3n) is 3.73. The van der Waals surface area contributed by atoms with Crippen LogP contribution in [0.2, 0.25) is 0 Å². The molecule has 2 heterocycles. The van der Waals surface area contributed by atoms with Crippen molar-refractivity contribution in [3.8, 4) is 11.3 Å². The first-order valence-corrected chi connectivity index (χ1v) is 9.86. The van der Waals surface area contributed by atoms with Crippen molar-refractivity contribution in [1.29, 1.82) is 0 Å². The number of rotatable bonds is 4. The smallest absolute Gasteiger partial charge is 0.271 e. The number of sulfonamides is 1. The van der Waals surface area contributed by atoms with E-state index in [2.05, 4.69) is 9.82 Å². The predicted octanol–water partition coefficient (Wildman–Crippen LogP) is 2.93. The molecule has 0 amide bonds. The van der Waals surface area contributed by atoms with Crippen LogP contribution in [-0.4, -0.2) is 18.2 Å². The number of benzene rings is 1. The fourth-order valence-electron chi connectivity index (χ4n) is 2.29. The molecule has 3 aromatic rings. The highest BCUT2D eigenvalue weighted by Crippen LogP contribution is 2.29. The largest absolute Gasteiger partial charge is 0.279 e. The molecule has 25 heavy (non-hydrogen) atoms. The zero-order valence-corrected chi connectivity index (χ0v) is 15.6. The lowest BCUT2D eigenvalue weighted by molar-refractivity contribution is 0.603. The average Bonchev–Trinajstić information content (AvgIpc) is 3.04. The molecule has 8 heteroatoms. The summed E-state index contributed by atoms with van der Waals surface area (Å²) in [6, 6.07) is 10.2. The molecule has 6 nitrogen and oxygen atoms in total. The molecule has 0 saturated carbocycles. The Morgan fingerprint density at radius 3 is 2.60 bits per heavy atom. The third kappa shape index (κ3) is 3.64. The molecule has 1 N–H and O–H groups in total. The van der Waals surface area contributed by atoms with E-state index >= 15 is 0 Å². The van der Waals surface area contributed by atoms with Gasteiger partial charge in [0.15, 0.2) is 0 Å². The van der Waals surface area contributed by atoms with E-state index in [4.69, 9.17) is 0 Å². The lowest BCUT2D eigenvalue weighted by atomic mass is 10.1. The highest BCUT2D eigenvalue weighted by atomic mass is 32.2. The number of nitrogens with one attached hydrogen (secondary N) is 1. The first-order valence-electron chi connectivity index (χ1n) is 7.49. The first-order chi connectivity index (χ1) is 11.8. The molecule has 0 aliphatic rings. The SMILES string of the molecule is Cc1ccc(C)c(NS(=O)(=O)c2cc(-c3ccc(=O)n(C)n3)cs2)c1. The monoisotopic (exact) mass is 375 g/mol. The number of anilines is 1. The molecule has 2 aromatic heterocycles. The highest BCUT2D eigenvalue weighted by Gasteiger charge is 2.19. The second-order valence-electron chi connectivity index (χ2n) is 5.76. The van der Waals surface area contributed by atoms with Gasteiger partial charge in [-0.15, -0.1) is 11.3 Å². The minimum atomic E-state index is -3.69. The van der Waals surface area contributed by atoms with Gasteiger partial charge in [-0.05, 0) is 43.2 Å². The molecule has 0 radical (unpaired) electrons. The van der Waals surface area contributed by atoms with Crippen LogP contribution in [0, 0.1) is 13.8 Å². The van der Waals surface area contributed by atoms with Gasteiger partial charge < -0.3 is 0 Å². The van der Waals surface area contributed by atoms with Gasteiger partial charge in [-0.1, -0.05) is 12.1 Å². The molecule has 0 fully saturated rings. The van der Waals surface area contributed by atoms with Crippen molar-refractivity contribution in [3.63, 3.8) is 0 Å². The van der Waals surface area contributed by atoms with E-state index in [0.29, 0.717) is 16.9 Å². The Kier molecular flexibility index (Phi) is 4.49. The zero-order chi connectivity index (χ0) is 18.2. The maximum absolute atomic E-state index is 12.7. The summed E-state index contributed by atoms with van der Waals surface area (Å²) in [6.45, 7) is 3.76. The predicted molar refractivity (Wildman–Crippen MR) is 99.5 cm³/mol. The van der Waals surface area contributed by atoms with Crippen LogP contribution in [-0.2, 0) is 17.1 Å². The van der Waals surface area contributed by atoms with Gasteiger partial charge in [0.2, 0.25) is 0 Å². The van der Waals surface area contributed by atoms with Gasteiger partial charge in [-0.25, -0.2) is 13.1 Å². The van der Waals surface area contributed by atoms with Gasteiger partial charge in [0, 0.05) is 24.1 Å². The Labute approximate surface area is 149 Å². The zero-order valence-electron chi connectivity index (χ0n) is 14.0. The van der Waals surface area contributed by atoms with Crippen LogP contribution in [0.4, 0.5) is 5.69 Å². The standard InChI is InChI=1S/C17H17N3O3S2/c1-11-4-5-12(2)15(8-11)19-25(22,23)17-9-13(10-24-17)14-6-7-16(21)20(3)18-14/h4-10,19H,1-3H3. The Morgan fingerprint density at radius 1 is 1.12 bits per heavy atom. The summed E-state index contributed by atoms with van der Waals surface area (Å²) in [7, 11) is -2.13. The fraction of sp³-hybridized carbons (Fsp3) is 0.176.